The number of hydrogen-bond donors (Lipinski definition) is 1. The highest BCUT2D eigenvalue weighted by atomic mass is 16.5. The number of imide groups is 1. The lowest BCUT2D eigenvalue weighted by Crippen LogP contribution is -2.46. The van der Waals surface area contributed by atoms with E-state index in [0.29, 0.717) is 42.0 Å². The number of amides is 2. The van der Waals surface area contributed by atoms with Crippen molar-refractivity contribution in [1.82, 2.24) is 9.80 Å². The van der Waals surface area contributed by atoms with Crippen LogP contribution in [0.1, 0.15) is 52.1 Å². The van der Waals surface area contributed by atoms with Gasteiger partial charge in [-0.05, 0) is 55.8 Å². The summed E-state index contributed by atoms with van der Waals surface area (Å²) in [6.07, 6.45) is 1.25. The Balaban J connectivity index is 1.70. The predicted molar refractivity (Wildman–Crippen MR) is 132 cm³/mol. The first-order chi connectivity index (χ1) is 16.5. The summed E-state index contributed by atoms with van der Waals surface area (Å²) in [5.41, 5.74) is 8.45. The largest absolute Gasteiger partial charge is 0.493 e. The molecule has 1 atom stereocenters. The number of fused-ring (bicyclic) bond motifs is 1. The van der Waals surface area contributed by atoms with E-state index in [-0.39, 0.29) is 11.8 Å². The molecule has 4 rings (SSSR count). The van der Waals surface area contributed by atoms with Crippen LogP contribution in [0.25, 0.3) is 0 Å². The van der Waals surface area contributed by atoms with Gasteiger partial charge in [-0.25, -0.2) is 0 Å². The molecule has 2 heterocycles. The summed E-state index contributed by atoms with van der Waals surface area (Å²) in [6.45, 7) is 7.19. The smallest absolute Gasteiger partial charge is 0.264 e. The van der Waals surface area contributed by atoms with Gasteiger partial charge in [0.25, 0.3) is 11.8 Å². The number of benzene rings is 2. The van der Waals surface area contributed by atoms with Gasteiger partial charge >= 0.3 is 0 Å². The number of nitrogens with two attached hydrogens (primary N) is 1. The van der Waals surface area contributed by atoms with Gasteiger partial charge in [-0.3, -0.25) is 14.5 Å². The van der Waals surface area contributed by atoms with E-state index in [2.05, 4.69) is 16.7 Å². The van der Waals surface area contributed by atoms with Gasteiger partial charge in [0.05, 0.1) is 37.1 Å². The third kappa shape index (κ3) is 4.35. The van der Waals surface area contributed by atoms with Crippen molar-refractivity contribution in [2.45, 2.75) is 25.8 Å². The Labute approximate surface area is 201 Å². The lowest BCUT2D eigenvalue weighted by atomic mass is 9.99. The molecule has 34 heavy (non-hydrogen) atoms. The molecule has 0 spiro atoms. The number of ether oxygens (including phenoxy) is 2. The Morgan fingerprint density at radius 3 is 2.35 bits per heavy atom. The van der Waals surface area contributed by atoms with E-state index in [1.807, 2.05) is 24.3 Å². The average molecular weight is 467 g/mol. The molecule has 8 heteroatoms. The summed E-state index contributed by atoms with van der Waals surface area (Å²) in [7, 11) is 3.15. The fourth-order valence-corrected chi connectivity index (χ4v) is 4.95. The van der Waals surface area contributed by atoms with E-state index in [4.69, 9.17) is 15.2 Å². The van der Waals surface area contributed by atoms with Crippen molar-refractivity contribution >= 4 is 17.5 Å². The van der Waals surface area contributed by atoms with Crippen molar-refractivity contribution in [1.29, 1.82) is 0 Å². The first kappa shape index (κ1) is 24.0. The number of carbonyl (C=O) groups excluding carboxylic acids is 2. The topological polar surface area (TPSA) is 88.3 Å². The Kier molecular flexibility index (Phi) is 7.38. The monoisotopic (exact) mass is 466 g/mol. The van der Waals surface area contributed by atoms with Crippen molar-refractivity contribution in [3.05, 3.63) is 53.1 Å². The van der Waals surface area contributed by atoms with Crippen LogP contribution in [0, 0.1) is 0 Å². The fourth-order valence-electron chi connectivity index (χ4n) is 4.95. The molecule has 2 aliphatic heterocycles. The summed E-state index contributed by atoms with van der Waals surface area (Å²) < 4.78 is 10.8. The van der Waals surface area contributed by atoms with E-state index < -0.39 is 6.04 Å². The lowest BCUT2D eigenvalue weighted by molar-refractivity contribution is 0.0572. The van der Waals surface area contributed by atoms with Gasteiger partial charge in [-0.2, -0.15) is 0 Å². The van der Waals surface area contributed by atoms with Crippen molar-refractivity contribution in [2.75, 3.05) is 58.4 Å². The summed E-state index contributed by atoms with van der Waals surface area (Å²) in [6, 6.07) is 10.7. The number of hydrogen-bond acceptors (Lipinski definition) is 7. The minimum atomic E-state index is -0.444. The first-order valence-corrected chi connectivity index (χ1v) is 11.9. The van der Waals surface area contributed by atoms with Crippen LogP contribution in [0.15, 0.2) is 36.4 Å². The van der Waals surface area contributed by atoms with Gasteiger partial charge in [0, 0.05) is 26.2 Å². The second-order valence-electron chi connectivity index (χ2n) is 8.66. The zero-order valence-electron chi connectivity index (χ0n) is 20.3. The SMILES string of the molecule is CCN1CCN(c2cccc3c2C(=O)N(C(CCCN)c2ccc(OC)c(OC)c2)C3=O)CC1. The molecule has 8 nitrogen and oxygen atoms in total. The molecule has 0 aromatic heterocycles. The van der Waals surface area contributed by atoms with E-state index in [1.54, 1.807) is 26.4 Å². The molecule has 0 radical (unpaired) electrons. The number of likely N-dealkylation sites (N-methyl/N-ethyl adjacent to an activating group) is 1. The van der Waals surface area contributed by atoms with E-state index in [9.17, 15) is 9.59 Å². The summed E-state index contributed by atoms with van der Waals surface area (Å²) in [4.78, 5) is 33.4. The van der Waals surface area contributed by atoms with Crippen molar-refractivity contribution in [2.24, 2.45) is 5.73 Å². The maximum Gasteiger partial charge on any atom is 0.264 e. The van der Waals surface area contributed by atoms with E-state index in [0.717, 1.165) is 44.0 Å². The summed E-state index contributed by atoms with van der Waals surface area (Å²) >= 11 is 0. The standard InChI is InChI=1S/C26H34N4O4/c1-4-28-13-15-29(16-14-28)21-8-5-7-19-24(21)26(32)30(25(19)31)20(9-6-12-27)18-10-11-22(33-2)23(17-18)34-3/h5,7-8,10-11,17,20H,4,6,9,12-16,27H2,1-3H3. The fraction of sp³-hybridized carbons (Fsp3) is 0.462. The van der Waals surface area contributed by atoms with Crippen LogP contribution in [0.5, 0.6) is 11.5 Å². The molecule has 2 amide bonds. The number of rotatable bonds is 9. The maximum absolute atomic E-state index is 13.8. The Morgan fingerprint density at radius 2 is 1.71 bits per heavy atom. The van der Waals surface area contributed by atoms with Crippen molar-refractivity contribution in [3.63, 3.8) is 0 Å². The van der Waals surface area contributed by atoms with E-state index >= 15 is 0 Å². The molecule has 1 fully saturated rings. The van der Waals surface area contributed by atoms with Crippen LogP contribution in [-0.2, 0) is 0 Å². The molecular weight excluding hydrogens is 432 g/mol. The zero-order chi connectivity index (χ0) is 24.2. The second kappa shape index (κ2) is 10.4. The second-order valence-corrected chi connectivity index (χ2v) is 8.66. The Hall–Kier alpha value is -3.10. The molecule has 2 aliphatic rings. The number of anilines is 1. The lowest BCUT2D eigenvalue weighted by Gasteiger charge is -2.36. The van der Waals surface area contributed by atoms with Gasteiger partial charge in [0.1, 0.15) is 0 Å². The molecule has 0 bridgehead atoms. The Morgan fingerprint density at radius 1 is 0.971 bits per heavy atom. The summed E-state index contributed by atoms with van der Waals surface area (Å²) in [5, 5.41) is 0. The predicted octanol–water partition coefficient (Wildman–Crippen LogP) is 2.92. The highest BCUT2D eigenvalue weighted by Crippen LogP contribution is 2.40. The normalized spacial score (nSPS) is 17.2. The molecule has 2 aromatic rings. The molecule has 1 saturated heterocycles. The molecule has 182 valence electrons. The minimum absolute atomic E-state index is 0.245. The molecule has 2 aromatic carbocycles. The van der Waals surface area contributed by atoms with Gasteiger partial charge in [-0.1, -0.05) is 19.1 Å². The number of nitrogens with zero attached hydrogens (tertiary/aromatic N) is 3. The van der Waals surface area contributed by atoms with Gasteiger partial charge < -0.3 is 25.0 Å². The number of methoxy groups -OCH3 is 2. The molecule has 0 saturated carbocycles. The van der Waals surface area contributed by atoms with Crippen LogP contribution in [0.2, 0.25) is 0 Å². The quantitative estimate of drug-likeness (QED) is 0.569. The molecular formula is C26H34N4O4. The Bertz CT molecular complexity index is 1050. The van der Waals surface area contributed by atoms with Gasteiger partial charge in [0.15, 0.2) is 11.5 Å². The molecule has 1 unspecified atom stereocenters. The molecule has 0 aliphatic carbocycles. The van der Waals surface area contributed by atoms with Crippen LogP contribution >= 0.6 is 0 Å². The van der Waals surface area contributed by atoms with Gasteiger partial charge in [-0.15, -0.1) is 0 Å². The van der Waals surface area contributed by atoms with E-state index in [1.165, 1.54) is 4.90 Å². The van der Waals surface area contributed by atoms with Crippen LogP contribution in [-0.4, -0.2) is 75.1 Å². The third-order valence-corrected chi connectivity index (χ3v) is 6.87. The van der Waals surface area contributed by atoms with Crippen LogP contribution in [0.3, 0.4) is 0 Å². The zero-order valence-corrected chi connectivity index (χ0v) is 20.3. The number of carbonyl (C=O) groups is 2. The molecule has 2 N–H and O–H groups in total. The highest BCUT2D eigenvalue weighted by molar-refractivity contribution is 6.24. The van der Waals surface area contributed by atoms with Crippen LogP contribution in [0.4, 0.5) is 5.69 Å². The van der Waals surface area contributed by atoms with Crippen LogP contribution < -0.4 is 20.1 Å². The first-order valence-electron chi connectivity index (χ1n) is 11.9. The minimum Gasteiger partial charge on any atom is -0.493 e. The third-order valence-electron chi connectivity index (χ3n) is 6.87. The van der Waals surface area contributed by atoms with Crippen molar-refractivity contribution < 1.29 is 19.1 Å². The van der Waals surface area contributed by atoms with Crippen molar-refractivity contribution in [3.8, 4) is 11.5 Å². The summed E-state index contributed by atoms with van der Waals surface area (Å²) in [5.74, 6) is 0.653. The highest BCUT2D eigenvalue weighted by Gasteiger charge is 2.42. The number of piperazine rings is 1. The average Bonchev–Trinajstić information content (AvgIpc) is 3.14. The van der Waals surface area contributed by atoms with Gasteiger partial charge in [0.2, 0.25) is 0 Å². The maximum atomic E-state index is 13.8.